The van der Waals surface area contributed by atoms with Gasteiger partial charge in [-0.2, -0.15) is 4.57 Å². The smallest absolute Gasteiger partial charge is 0.248 e. The summed E-state index contributed by atoms with van der Waals surface area (Å²) in [4.78, 5) is 4.78. The van der Waals surface area contributed by atoms with Crippen LogP contribution < -0.4 is 4.57 Å². The van der Waals surface area contributed by atoms with Crippen molar-refractivity contribution in [3.8, 4) is 11.5 Å². The molecule has 0 bridgehead atoms. The Morgan fingerprint density at radius 2 is 2.11 bits per heavy atom. The third-order valence-corrected chi connectivity index (χ3v) is 3.64. The van der Waals surface area contributed by atoms with Crippen LogP contribution in [0.3, 0.4) is 0 Å². The van der Waals surface area contributed by atoms with Crippen molar-refractivity contribution in [3.05, 3.63) is 48.2 Å². The van der Waals surface area contributed by atoms with Crippen molar-refractivity contribution in [1.82, 2.24) is 9.55 Å². The molecule has 88 valence electrons. The molecule has 0 aliphatic carbocycles. The van der Waals surface area contributed by atoms with Crippen molar-refractivity contribution in [2.45, 2.75) is 20.0 Å². The highest BCUT2D eigenvalue weighted by atomic mass is 15.2. The Balaban J connectivity index is 2.08. The maximum absolute atomic E-state index is 4.78. The highest BCUT2D eigenvalue weighted by Crippen LogP contribution is 2.25. The first-order chi connectivity index (χ1) is 8.83. The molecule has 1 aliphatic rings. The minimum atomic E-state index is 0.997. The molecule has 1 aliphatic heterocycles. The van der Waals surface area contributed by atoms with Crippen LogP contribution in [0.25, 0.3) is 22.6 Å². The molecule has 0 radical (unpaired) electrons. The Hall–Kier alpha value is -2.16. The quantitative estimate of drug-likeness (QED) is 0.549. The second-order valence-electron chi connectivity index (χ2n) is 4.86. The monoisotopic (exact) mass is 236 g/mol. The van der Waals surface area contributed by atoms with Gasteiger partial charge in [0.2, 0.25) is 11.5 Å². The summed E-state index contributed by atoms with van der Waals surface area (Å²) in [6, 6.07) is 12.7. The van der Waals surface area contributed by atoms with Crippen molar-refractivity contribution in [2.75, 3.05) is 0 Å². The second kappa shape index (κ2) is 3.42. The van der Waals surface area contributed by atoms with Crippen molar-refractivity contribution >= 4 is 11.0 Å². The zero-order valence-electron chi connectivity index (χ0n) is 10.3. The molecule has 3 aromatic rings. The third kappa shape index (κ3) is 1.24. The van der Waals surface area contributed by atoms with Gasteiger partial charge in [-0.1, -0.05) is 12.1 Å². The van der Waals surface area contributed by atoms with Crippen LogP contribution in [0, 0.1) is 6.92 Å². The number of aryl methyl sites for hydroxylation is 3. The summed E-state index contributed by atoms with van der Waals surface area (Å²) in [6.45, 7) is 4.14. The van der Waals surface area contributed by atoms with Gasteiger partial charge in [0, 0.05) is 12.1 Å². The number of hydrogen-bond acceptors (Lipinski definition) is 1. The van der Waals surface area contributed by atoms with E-state index in [1.807, 2.05) is 6.07 Å². The normalized spacial score (nSPS) is 13.4. The van der Waals surface area contributed by atoms with E-state index in [0.717, 1.165) is 24.4 Å². The molecular weight excluding hydrogens is 222 g/mol. The molecule has 0 saturated heterocycles. The fraction of sp³-hybridized carbons (Fsp3) is 0.200. The minimum absolute atomic E-state index is 0.997. The summed E-state index contributed by atoms with van der Waals surface area (Å²) in [5.41, 5.74) is 4.82. The summed E-state index contributed by atoms with van der Waals surface area (Å²) in [5, 5.41) is 0. The number of hydrogen-bond donors (Lipinski definition) is 0. The number of benzene rings is 1. The lowest BCUT2D eigenvalue weighted by Crippen LogP contribution is -2.42. The van der Waals surface area contributed by atoms with E-state index >= 15 is 0 Å². The molecule has 0 saturated carbocycles. The molecule has 3 nitrogen and oxygen atoms in total. The fourth-order valence-electron chi connectivity index (χ4n) is 2.73. The molecular formula is C15H14N3+. The number of para-hydroxylation sites is 2. The van der Waals surface area contributed by atoms with Gasteiger partial charge in [0.15, 0.2) is 12.7 Å². The second-order valence-corrected chi connectivity index (χ2v) is 4.86. The lowest BCUT2D eigenvalue weighted by molar-refractivity contribution is -0.690. The van der Waals surface area contributed by atoms with Crippen molar-refractivity contribution in [1.29, 1.82) is 0 Å². The summed E-state index contributed by atoms with van der Waals surface area (Å²) in [5.74, 6) is 1.09. The Morgan fingerprint density at radius 3 is 3.06 bits per heavy atom. The molecule has 3 heteroatoms. The predicted octanol–water partition coefficient (Wildman–Crippen LogP) is 2.31. The van der Waals surface area contributed by atoms with Crippen LogP contribution in [0.15, 0.2) is 42.6 Å². The predicted molar refractivity (Wildman–Crippen MR) is 70.1 cm³/mol. The fourth-order valence-corrected chi connectivity index (χ4v) is 2.73. The van der Waals surface area contributed by atoms with E-state index in [0.29, 0.717) is 0 Å². The van der Waals surface area contributed by atoms with Crippen molar-refractivity contribution in [2.24, 2.45) is 0 Å². The summed E-state index contributed by atoms with van der Waals surface area (Å²) >= 11 is 0. The zero-order valence-corrected chi connectivity index (χ0v) is 10.3. The minimum Gasteiger partial charge on any atom is -0.312 e. The van der Waals surface area contributed by atoms with Gasteiger partial charge < -0.3 is 4.57 Å². The van der Waals surface area contributed by atoms with Gasteiger partial charge in [0.05, 0.1) is 17.6 Å². The Bertz CT molecular complexity index is 756. The van der Waals surface area contributed by atoms with Crippen LogP contribution in [-0.4, -0.2) is 9.55 Å². The first kappa shape index (κ1) is 9.83. The number of nitrogens with zero attached hydrogens (tertiary/aromatic N) is 3. The van der Waals surface area contributed by atoms with E-state index in [-0.39, 0.29) is 0 Å². The van der Waals surface area contributed by atoms with Crippen LogP contribution in [0.1, 0.15) is 5.56 Å². The van der Waals surface area contributed by atoms with Gasteiger partial charge in [-0.3, -0.25) is 0 Å². The van der Waals surface area contributed by atoms with E-state index < -0.39 is 0 Å². The standard InChI is InChI=1S/C15H14N3/c1-11-6-7-17-8-9-18-13-5-3-2-4-12(13)16-15(18)14(17)10-11/h2-7,10H,8-9H2,1H3/q+1. The Morgan fingerprint density at radius 1 is 1.22 bits per heavy atom. The molecule has 3 heterocycles. The molecule has 18 heavy (non-hydrogen) atoms. The van der Waals surface area contributed by atoms with E-state index in [9.17, 15) is 0 Å². The number of fused-ring (bicyclic) bond motifs is 5. The van der Waals surface area contributed by atoms with Gasteiger partial charge in [0.25, 0.3) is 0 Å². The topological polar surface area (TPSA) is 21.7 Å². The van der Waals surface area contributed by atoms with Gasteiger partial charge in [0.1, 0.15) is 0 Å². The molecule has 4 rings (SSSR count). The Kier molecular flexibility index (Phi) is 1.87. The lowest BCUT2D eigenvalue weighted by Gasteiger charge is -2.13. The molecule has 0 amide bonds. The van der Waals surface area contributed by atoms with Crippen molar-refractivity contribution < 1.29 is 4.57 Å². The summed E-state index contributed by atoms with van der Waals surface area (Å²) in [7, 11) is 0. The summed E-state index contributed by atoms with van der Waals surface area (Å²) in [6.07, 6.45) is 2.16. The molecule has 0 fully saturated rings. The third-order valence-electron chi connectivity index (χ3n) is 3.64. The van der Waals surface area contributed by atoms with Gasteiger partial charge >= 0.3 is 0 Å². The van der Waals surface area contributed by atoms with Gasteiger partial charge in [-0.25, -0.2) is 4.98 Å². The van der Waals surface area contributed by atoms with Gasteiger partial charge in [-0.05, 0) is 24.6 Å². The van der Waals surface area contributed by atoms with Crippen LogP contribution >= 0.6 is 0 Å². The highest BCUT2D eigenvalue weighted by Gasteiger charge is 2.25. The van der Waals surface area contributed by atoms with Crippen molar-refractivity contribution in [3.63, 3.8) is 0 Å². The van der Waals surface area contributed by atoms with E-state index in [2.05, 4.69) is 52.6 Å². The van der Waals surface area contributed by atoms with Crippen LogP contribution in [0.4, 0.5) is 0 Å². The van der Waals surface area contributed by atoms with Crippen LogP contribution in [0.5, 0.6) is 0 Å². The number of rotatable bonds is 0. The number of aromatic nitrogens is 3. The van der Waals surface area contributed by atoms with E-state index in [1.54, 1.807) is 0 Å². The molecule has 1 aromatic carbocycles. The highest BCUT2D eigenvalue weighted by molar-refractivity contribution is 5.79. The van der Waals surface area contributed by atoms with E-state index in [1.165, 1.54) is 16.8 Å². The first-order valence-electron chi connectivity index (χ1n) is 6.29. The zero-order chi connectivity index (χ0) is 12.1. The van der Waals surface area contributed by atoms with Crippen LogP contribution in [0.2, 0.25) is 0 Å². The maximum atomic E-state index is 4.78. The van der Waals surface area contributed by atoms with Crippen LogP contribution in [-0.2, 0) is 13.1 Å². The number of pyridine rings is 1. The SMILES string of the molecule is Cc1cc[n+]2c(c1)-c1nc3ccccc3n1CC2. The molecule has 2 aromatic heterocycles. The average Bonchev–Trinajstić information content (AvgIpc) is 2.78. The maximum Gasteiger partial charge on any atom is 0.248 e. The Labute approximate surface area is 105 Å². The van der Waals surface area contributed by atoms with Gasteiger partial charge in [-0.15, -0.1) is 0 Å². The number of imidazole rings is 1. The first-order valence-corrected chi connectivity index (χ1v) is 6.29. The molecule has 0 unspecified atom stereocenters. The average molecular weight is 236 g/mol. The summed E-state index contributed by atoms with van der Waals surface area (Å²) < 4.78 is 4.61. The lowest BCUT2D eigenvalue weighted by atomic mass is 10.2. The molecule has 0 atom stereocenters. The molecule has 0 N–H and O–H groups in total. The largest absolute Gasteiger partial charge is 0.312 e. The molecule has 0 spiro atoms. The van der Waals surface area contributed by atoms with E-state index in [4.69, 9.17) is 4.98 Å².